The van der Waals surface area contributed by atoms with E-state index in [-0.39, 0.29) is 0 Å². The summed E-state index contributed by atoms with van der Waals surface area (Å²) in [4.78, 5) is 2.33. The number of aryl methyl sites for hydroxylation is 1. The molecule has 0 saturated carbocycles. The van der Waals surface area contributed by atoms with Crippen LogP contribution in [0, 0.1) is 6.92 Å². The van der Waals surface area contributed by atoms with Crippen molar-refractivity contribution in [3.8, 4) is 0 Å². The smallest absolute Gasteiger partial charge is 0.0907 e. The highest BCUT2D eigenvalue weighted by atomic mass is 32.2. The lowest BCUT2D eigenvalue weighted by Gasteiger charge is -2.05. The molecule has 2 rings (SSSR count). The lowest BCUT2D eigenvalue weighted by atomic mass is 9.97. The molecule has 2 radical (unpaired) electrons. The predicted octanol–water partition coefficient (Wildman–Crippen LogP) is 2.94. The van der Waals surface area contributed by atoms with Gasteiger partial charge in [-0.1, -0.05) is 53.1 Å². The Balaban J connectivity index is 2.22. The van der Waals surface area contributed by atoms with E-state index in [4.69, 9.17) is 7.85 Å². The highest BCUT2D eigenvalue weighted by molar-refractivity contribution is 7.99. The van der Waals surface area contributed by atoms with Gasteiger partial charge < -0.3 is 0 Å². The number of hydrogen-bond acceptors (Lipinski definition) is 1. The van der Waals surface area contributed by atoms with E-state index in [0.717, 1.165) is 10.4 Å². The molecule has 72 valence electrons. The van der Waals surface area contributed by atoms with Crippen molar-refractivity contribution in [2.45, 2.75) is 16.7 Å². The summed E-state index contributed by atoms with van der Waals surface area (Å²) in [6, 6.07) is 16.4. The zero-order valence-electron chi connectivity index (χ0n) is 8.60. The Morgan fingerprint density at radius 1 is 0.933 bits per heavy atom. The molecule has 2 aromatic carbocycles. The van der Waals surface area contributed by atoms with Gasteiger partial charge in [0.15, 0.2) is 0 Å². The molecule has 0 spiro atoms. The summed E-state index contributed by atoms with van der Waals surface area (Å²) < 4.78 is 0. The van der Waals surface area contributed by atoms with Gasteiger partial charge >= 0.3 is 0 Å². The first kappa shape index (κ1) is 10.4. The average molecular weight is 210 g/mol. The molecule has 2 aromatic rings. The fourth-order valence-corrected chi connectivity index (χ4v) is 2.17. The van der Waals surface area contributed by atoms with Crippen molar-refractivity contribution in [3.63, 3.8) is 0 Å². The summed E-state index contributed by atoms with van der Waals surface area (Å²) >= 11 is 1.70. The predicted molar refractivity (Wildman–Crippen MR) is 67.1 cm³/mol. The zero-order valence-corrected chi connectivity index (χ0v) is 9.42. The van der Waals surface area contributed by atoms with Crippen LogP contribution >= 0.6 is 11.8 Å². The maximum absolute atomic E-state index is 5.88. The quantitative estimate of drug-likeness (QED) is 0.686. The van der Waals surface area contributed by atoms with Crippen LogP contribution in [0.2, 0.25) is 0 Å². The molecule has 0 aliphatic rings. The van der Waals surface area contributed by atoms with Crippen LogP contribution < -0.4 is 5.46 Å². The van der Waals surface area contributed by atoms with Gasteiger partial charge in [0.1, 0.15) is 7.85 Å². The first-order chi connectivity index (χ1) is 7.25. The second kappa shape index (κ2) is 4.58. The molecule has 0 heterocycles. The number of hydrogen-bond donors (Lipinski definition) is 0. The van der Waals surface area contributed by atoms with Gasteiger partial charge in [-0.2, -0.15) is 0 Å². The molecule has 2 heteroatoms. The van der Waals surface area contributed by atoms with Crippen LogP contribution in [0.4, 0.5) is 0 Å². The van der Waals surface area contributed by atoms with Crippen LogP contribution in [0.15, 0.2) is 58.3 Å². The maximum Gasteiger partial charge on any atom is 0.115 e. The lowest BCUT2D eigenvalue weighted by molar-refractivity contribution is 1.37. The summed E-state index contributed by atoms with van der Waals surface area (Å²) in [5.41, 5.74) is 2.11. The van der Waals surface area contributed by atoms with Gasteiger partial charge in [-0.25, -0.2) is 0 Å². The van der Waals surface area contributed by atoms with Gasteiger partial charge in [-0.3, -0.25) is 0 Å². The van der Waals surface area contributed by atoms with Crippen LogP contribution in [0.5, 0.6) is 0 Å². The monoisotopic (exact) mass is 210 g/mol. The molecule has 0 bridgehead atoms. The summed E-state index contributed by atoms with van der Waals surface area (Å²) in [5.74, 6) is 0. The van der Waals surface area contributed by atoms with Crippen molar-refractivity contribution in [3.05, 3.63) is 54.1 Å². The second-order valence-electron chi connectivity index (χ2n) is 3.45. The molecule has 0 fully saturated rings. The third kappa shape index (κ3) is 2.66. The van der Waals surface area contributed by atoms with Gasteiger partial charge in [-0.05, 0) is 25.1 Å². The third-order valence-corrected chi connectivity index (χ3v) is 3.27. The average Bonchev–Trinajstić information content (AvgIpc) is 2.25. The van der Waals surface area contributed by atoms with Crippen LogP contribution in [0.3, 0.4) is 0 Å². The van der Waals surface area contributed by atoms with Crippen LogP contribution in [-0.2, 0) is 0 Å². The van der Waals surface area contributed by atoms with Gasteiger partial charge in [0, 0.05) is 9.79 Å². The maximum atomic E-state index is 5.88. The van der Waals surface area contributed by atoms with E-state index in [1.165, 1.54) is 10.5 Å². The molecular formula is C13H11BS. The van der Waals surface area contributed by atoms with E-state index in [1.807, 2.05) is 24.3 Å². The topological polar surface area (TPSA) is 0 Å². The van der Waals surface area contributed by atoms with E-state index in [1.54, 1.807) is 11.8 Å². The van der Waals surface area contributed by atoms with Crippen molar-refractivity contribution in [1.29, 1.82) is 0 Å². The van der Waals surface area contributed by atoms with Gasteiger partial charge in [0.2, 0.25) is 0 Å². The van der Waals surface area contributed by atoms with Crippen molar-refractivity contribution in [2.24, 2.45) is 0 Å². The normalized spacial score (nSPS) is 10.2. The highest BCUT2D eigenvalue weighted by Gasteiger charge is 1.98. The molecule has 0 aromatic heterocycles. The summed E-state index contributed by atoms with van der Waals surface area (Å²) in [6.07, 6.45) is 0. The third-order valence-electron chi connectivity index (χ3n) is 2.17. The van der Waals surface area contributed by atoms with Crippen molar-refractivity contribution < 1.29 is 0 Å². The van der Waals surface area contributed by atoms with E-state index in [2.05, 4.69) is 31.2 Å². The molecule has 0 saturated heterocycles. The molecule has 0 unspecified atom stereocenters. The molecule has 0 nitrogen and oxygen atoms in total. The Morgan fingerprint density at radius 2 is 1.60 bits per heavy atom. The lowest BCUT2D eigenvalue weighted by Crippen LogP contribution is -2.03. The standard InChI is InChI=1S/C13H11BS/c1-10-6-8-11(9-7-10)15-13-5-3-2-4-12(13)14/h2-9H,1H3. The van der Waals surface area contributed by atoms with Crippen LogP contribution in [0.1, 0.15) is 5.56 Å². The summed E-state index contributed by atoms with van der Waals surface area (Å²) in [5, 5.41) is 0. The van der Waals surface area contributed by atoms with Crippen molar-refractivity contribution in [2.75, 3.05) is 0 Å². The molecule has 0 N–H and O–H groups in total. The minimum atomic E-state index is 0.836. The minimum absolute atomic E-state index is 0.836. The first-order valence-corrected chi connectivity index (χ1v) is 5.66. The van der Waals surface area contributed by atoms with Gasteiger partial charge in [0.05, 0.1) is 0 Å². The largest absolute Gasteiger partial charge is 0.115 e. The Kier molecular flexibility index (Phi) is 3.17. The van der Waals surface area contributed by atoms with Crippen LogP contribution in [-0.4, -0.2) is 7.85 Å². The second-order valence-corrected chi connectivity index (χ2v) is 4.57. The Morgan fingerprint density at radius 3 is 2.27 bits per heavy atom. The SMILES string of the molecule is [B]c1ccccc1Sc1ccc(C)cc1. The first-order valence-electron chi connectivity index (χ1n) is 4.85. The molecule has 15 heavy (non-hydrogen) atoms. The highest BCUT2D eigenvalue weighted by Crippen LogP contribution is 2.25. The molecule has 0 amide bonds. The Hall–Kier alpha value is -1.15. The number of rotatable bonds is 2. The van der Waals surface area contributed by atoms with E-state index < -0.39 is 0 Å². The fourth-order valence-electron chi connectivity index (χ4n) is 1.31. The molecule has 0 aliphatic carbocycles. The van der Waals surface area contributed by atoms with Crippen LogP contribution in [0.25, 0.3) is 0 Å². The molecule has 0 atom stereocenters. The molecular weight excluding hydrogens is 199 g/mol. The van der Waals surface area contributed by atoms with Gasteiger partial charge in [0.25, 0.3) is 0 Å². The van der Waals surface area contributed by atoms with E-state index >= 15 is 0 Å². The van der Waals surface area contributed by atoms with Crippen molar-refractivity contribution in [1.82, 2.24) is 0 Å². The minimum Gasteiger partial charge on any atom is -0.0907 e. The van der Waals surface area contributed by atoms with Gasteiger partial charge in [-0.15, -0.1) is 0 Å². The zero-order chi connectivity index (χ0) is 10.7. The van der Waals surface area contributed by atoms with E-state index in [0.29, 0.717) is 0 Å². The Bertz CT molecular complexity index is 448. The molecule has 0 aliphatic heterocycles. The Labute approximate surface area is 96.1 Å². The summed E-state index contributed by atoms with van der Waals surface area (Å²) in [7, 11) is 5.88. The fraction of sp³-hybridized carbons (Fsp3) is 0.0769. The number of benzene rings is 2. The summed E-state index contributed by atoms with van der Waals surface area (Å²) in [6.45, 7) is 2.09. The van der Waals surface area contributed by atoms with E-state index in [9.17, 15) is 0 Å². The van der Waals surface area contributed by atoms with Crippen molar-refractivity contribution >= 4 is 25.1 Å².